The van der Waals surface area contributed by atoms with Gasteiger partial charge in [0.25, 0.3) is 0 Å². The summed E-state index contributed by atoms with van der Waals surface area (Å²) in [5.41, 5.74) is 1.14. The molecule has 1 fully saturated rings. The van der Waals surface area contributed by atoms with Crippen LogP contribution in [0.15, 0.2) is 11.4 Å². The second kappa shape index (κ2) is 5.53. The van der Waals surface area contributed by atoms with Crippen LogP contribution in [0.3, 0.4) is 0 Å². The molecule has 2 rings (SSSR count). The molecular weight excluding hydrogens is 218 g/mol. The van der Waals surface area contributed by atoms with E-state index in [4.69, 9.17) is 0 Å². The highest BCUT2D eigenvalue weighted by molar-refractivity contribution is 7.98. The summed E-state index contributed by atoms with van der Waals surface area (Å²) in [5.74, 6) is 1.02. The first kappa shape index (κ1) is 11.7. The lowest BCUT2D eigenvalue weighted by Crippen LogP contribution is -2.23. The molecule has 4 heteroatoms. The third-order valence-corrected chi connectivity index (χ3v) is 3.64. The fourth-order valence-electron chi connectivity index (χ4n) is 2.11. The van der Waals surface area contributed by atoms with E-state index in [0.717, 1.165) is 16.5 Å². The minimum absolute atomic E-state index is 0.608. The molecule has 0 spiro atoms. The maximum atomic E-state index is 4.53. The molecule has 1 aromatic heterocycles. The predicted octanol–water partition coefficient (Wildman–Crippen LogP) is 3.25. The molecule has 0 bridgehead atoms. The van der Waals surface area contributed by atoms with Crippen molar-refractivity contribution in [1.29, 1.82) is 0 Å². The molecule has 0 unspecified atom stereocenters. The van der Waals surface area contributed by atoms with Crippen LogP contribution in [0.1, 0.15) is 37.7 Å². The van der Waals surface area contributed by atoms with Gasteiger partial charge >= 0.3 is 0 Å². The Kier molecular flexibility index (Phi) is 4.04. The normalized spacial score (nSPS) is 17.4. The Morgan fingerprint density at radius 1 is 1.31 bits per heavy atom. The standard InChI is InChI=1S/C12H19N3S/c1-9-8-13-12(16-2)15-11(9)14-10-6-4-3-5-7-10/h8,10H,3-7H2,1-2H3,(H,13,14,15). The zero-order valence-corrected chi connectivity index (χ0v) is 10.8. The van der Waals surface area contributed by atoms with Crippen molar-refractivity contribution in [2.45, 2.75) is 50.2 Å². The van der Waals surface area contributed by atoms with Crippen LogP contribution in [0.2, 0.25) is 0 Å². The van der Waals surface area contributed by atoms with Crippen LogP contribution in [0.4, 0.5) is 5.82 Å². The van der Waals surface area contributed by atoms with E-state index in [1.807, 2.05) is 12.5 Å². The highest BCUT2D eigenvalue weighted by Crippen LogP contribution is 2.23. The molecule has 88 valence electrons. The third-order valence-electron chi connectivity index (χ3n) is 3.08. The molecule has 0 radical (unpaired) electrons. The maximum Gasteiger partial charge on any atom is 0.189 e. The maximum absolute atomic E-state index is 4.53. The first-order chi connectivity index (χ1) is 7.79. The topological polar surface area (TPSA) is 37.8 Å². The van der Waals surface area contributed by atoms with Crippen LogP contribution >= 0.6 is 11.8 Å². The summed E-state index contributed by atoms with van der Waals surface area (Å²) in [6, 6.07) is 0.608. The Hall–Kier alpha value is -0.770. The van der Waals surface area contributed by atoms with Gasteiger partial charge in [-0.15, -0.1) is 0 Å². The van der Waals surface area contributed by atoms with E-state index in [9.17, 15) is 0 Å². The van der Waals surface area contributed by atoms with Crippen LogP contribution in [0.25, 0.3) is 0 Å². The zero-order valence-electron chi connectivity index (χ0n) is 9.99. The van der Waals surface area contributed by atoms with Gasteiger partial charge in [-0.3, -0.25) is 0 Å². The lowest BCUT2D eigenvalue weighted by Gasteiger charge is -2.24. The fourth-order valence-corrected chi connectivity index (χ4v) is 2.45. The van der Waals surface area contributed by atoms with Gasteiger partial charge in [-0.1, -0.05) is 31.0 Å². The van der Waals surface area contributed by atoms with Gasteiger partial charge in [0.2, 0.25) is 0 Å². The van der Waals surface area contributed by atoms with Gasteiger partial charge in [-0.2, -0.15) is 0 Å². The van der Waals surface area contributed by atoms with Gasteiger partial charge in [-0.25, -0.2) is 9.97 Å². The fraction of sp³-hybridized carbons (Fsp3) is 0.667. The minimum atomic E-state index is 0.608. The number of aromatic nitrogens is 2. The Bertz CT molecular complexity index is 348. The molecule has 0 saturated heterocycles. The summed E-state index contributed by atoms with van der Waals surface area (Å²) in [7, 11) is 0. The number of rotatable bonds is 3. The van der Waals surface area contributed by atoms with E-state index in [1.54, 1.807) is 11.8 Å². The van der Waals surface area contributed by atoms with Crippen molar-refractivity contribution in [3.8, 4) is 0 Å². The molecule has 0 aromatic carbocycles. The average Bonchev–Trinajstić information content (AvgIpc) is 2.33. The number of aryl methyl sites for hydroxylation is 1. The largest absolute Gasteiger partial charge is 0.367 e. The zero-order chi connectivity index (χ0) is 11.4. The van der Waals surface area contributed by atoms with E-state index in [-0.39, 0.29) is 0 Å². The molecule has 1 heterocycles. The molecule has 0 atom stereocenters. The van der Waals surface area contributed by atoms with Crippen molar-refractivity contribution < 1.29 is 0 Å². The third kappa shape index (κ3) is 2.88. The van der Waals surface area contributed by atoms with Crippen molar-refractivity contribution in [3.63, 3.8) is 0 Å². The highest BCUT2D eigenvalue weighted by Gasteiger charge is 2.14. The van der Waals surface area contributed by atoms with E-state index < -0.39 is 0 Å². The lowest BCUT2D eigenvalue weighted by molar-refractivity contribution is 0.461. The number of hydrogen-bond donors (Lipinski definition) is 1. The lowest BCUT2D eigenvalue weighted by atomic mass is 9.95. The van der Waals surface area contributed by atoms with Crippen LogP contribution in [-0.4, -0.2) is 22.3 Å². The SMILES string of the molecule is CSc1ncc(C)c(NC2CCCCC2)n1. The Morgan fingerprint density at radius 3 is 2.75 bits per heavy atom. The Labute approximate surface area is 101 Å². The van der Waals surface area contributed by atoms with Crippen LogP contribution in [0.5, 0.6) is 0 Å². The summed E-state index contributed by atoms with van der Waals surface area (Å²) in [4.78, 5) is 8.79. The molecular formula is C12H19N3S. The van der Waals surface area contributed by atoms with Crippen molar-refractivity contribution >= 4 is 17.6 Å². The second-order valence-electron chi connectivity index (χ2n) is 4.37. The number of thioether (sulfide) groups is 1. The molecule has 0 aliphatic heterocycles. The summed E-state index contributed by atoms with van der Waals surface area (Å²) >= 11 is 1.59. The van der Waals surface area contributed by atoms with E-state index in [2.05, 4.69) is 22.2 Å². The molecule has 0 amide bonds. The Balaban J connectivity index is 2.06. The molecule has 1 N–H and O–H groups in total. The minimum Gasteiger partial charge on any atom is -0.367 e. The highest BCUT2D eigenvalue weighted by atomic mass is 32.2. The molecule has 16 heavy (non-hydrogen) atoms. The monoisotopic (exact) mass is 237 g/mol. The summed E-state index contributed by atoms with van der Waals surface area (Å²) < 4.78 is 0. The Morgan fingerprint density at radius 2 is 2.06 bits per heavy atom. The molecule has 3 nitrogen and oxygen atoms in total. The number of hydrogen-bond acceptors (Lipinski definition) is 4. The van der Waals surface area contributed by atoms with Crippen LogP contribution in [-0.2, 0) is 0 Å². The summed E-state index contributed by atoms with van der Waals surface area (Å²) in [5, 5.41) is 4.41. The van der Waals surface area contributed by atoms with E-state index in [1.165, 1.54) is 32.1 Å². The second-order valence-corrected chi connectivity index (χ2v) is 5.14. The molecule has 1 saturated carbocycles. The summed E-state index contributed by atoms with van der Waals surface area (Å²) in [6.07, 6.45) is 10.5. The summed E-state index contributed by atoms with van der Waals surface area (Å²) in [6.45, 7) is 2.06. The van der Waals surface area contributed by atoms with Crippen LogP contribution < -0.4 is 5.32 Å². The van der Waals surface area contributed by atoms with Gasteiger partial charge in [-0.05, 0) is 26.0 Å². The van der Waals surface area contributed by atoms with Crippen LogP contribution in [0, 0.1) is 6.92 Å². The number of anilines is 1. The number of nitrogens with one attached hydrogen (secondary N) is 1. The smallest absolute Gasteiger partial charge is 0.189 e. The van der Waals surface area contributed by atoms with Crippen molar-refractivity contribution in [2.24, 2.45) is 0 Å². The van der Waals surface area contributed by atoms with Crippen molar-refractivity contribution in [3.05, 3.63) is 11.8 Å². The van der Waals surface area contributed by atoms with Gasteiger partial charge in [0, 0.05) is 17.8 Å². The average molecular weight is 237 g/mol. The number of nitrogens with zero attached hydrogens (tertiary/aromatic N) is 2. The van der Waals surface area contributed by atoms with Gasteiger partial charge in [0.05, 0.1) is 0 Å². The van der Waals surface area contributed by atoms with Crippen molar-refractivity contribution in [1.82, 2.24) is 9.97 Å². The first-order valence-electron chi connectivity index (χ1n) is 5.94. The molecule has 1 aliphatic carbocycles. The van der Waals surface area contributed by atoms with E-state index >= 15 is 0 Å². The predicted molar refractivity (Wildman–Crippen MR) is 69.0 cm³/mol. The van der Waals surface area contributed by atoms with Crippen molar-refractivity contribution in [2.75, 3.05) is 11.6 Å². The van der Waals surface area contributed by atoms with Gasteiger partial charge in [0.15, 0.2) is 5.16 Å². The molecule has 1 aliphatic rings. The van der Waals surface area contributed by atoms with Gasteiger partial charge < -0.3 is 5.32 Å². The van der Waals surface area contributed by atoms with Gasteiger partial charge in [0.1, 0.15) is 5.82 Å². The first-order valence-corrected chi connectivity index (χ1v) is 7.16. The quantitative estimate of drug-likeness (QED) is 0.647. The van der Waals surface area contributed by atoms with E-state index in [0.29, 0.717) is 6.04 Å². The molecule has 1 aromatic rings.